The predicted octanol–water partition coefficient (Wildman–Crippen LogP) is 7.67. The lowest BCUT2D eigenvalue weighted by Crippen LogP contribution is -2.67. The Morgan fingerprint density at radius 1 is 1.07 bits per heavy atom. The monoisotopic (exact) mass is 959 g/mol. The number of carbonyl (C=O) groups is 4. The number of hydrogen-bond donors (Lipinski definition) is 4. The van der Waals surface area contributed by atoms with Crippen molar-refractivity contribution in [1.29, 1.82) is 0 Å². The summed E-state index contributed by atoms with van der Waals surface area (Å²) in [5.41, 5.74) is 8.60. The van der Waals surface area contributed by atoms with Gasteiger partial charge in [-0.1, -0.05) is 51.6 Å². The Hall–Kier alpha value is -5.22. The van der Waals surface area contributed by atoms with Gasteiger partial charge in [0.2, 0.25) is 11.8 Å². The van der Waals surface area contributed by atoms with Crippen molar-refractivity contribution in [3.8, 4) is 28.1 Å². The van der Waals surface area contributed by atoms with E-state index in [1.165, 1.54) is 16.8 Å². The van der Waals surface area contributed by atoms with E-state index < -0.39 is 40.8 Å². The van der Waals surface area contributed by atoms with E-state index in [2.05, 4.69) is 65.7 Å². The van der Waals surface area contributed by atoms with Crippen molar-refractivity contribution in [2.75, 3.05) is 33.9 Å². The fourth-order valence-electron chi connectivity index (χ4n) is 11.8. The largest absolute Gasteiger partial charge is 0.508 e. The molecular formula is C54H69N7O7S. The Kier molecular flexibility index (Phi) is 13.8. The number of phenols is 1. The third-order valence-electron chi connectivity index (χ3n) is 15.4. The highest BCUT2D eigenvalue weighted by molar-refractivity contribution is 8.12. The SMILES string of the molecule is CCn1c(-c2cccnc2[C@H](C)OC)c2c3cc(ccc31)-c1cc(O)cc(c1)C[C@H](NC(=O)[C@H](C(C)C)N(C)C(=O)[C@H]1CC[C@@H]3CCCN[C@H]31)C(=O)N1CCC[C@@](C3=CS3)(N1)C(=O)OCC(C)(C)C2. The van der Waals surface area contributed by atoms with Crippen molar-refractivity contribution in [1.82, 2.24) is 35.5 Å². The summed E-state index contributed by atoms with van der Waals surface area (Å²) in [5, 5.41) is 22.6. The van der Waals surface area contributed by atoms with Crippen LogP contribution in [0, 0.1) is 23.2 Å². The van der Waals surface area contributed by atoms with Crippen molar-refractivity contribution in [3.63, 3.8) is 0 Å². The molecule has 1 saturated carbocycles. The number of likely N-dealkylation sites (N-methyl/N-ethyl adjacent to an activating group) is 1. The van der Waals surface area contributed by atoms with Gasteiger partial charge in [0.05, 0.1) is 30.0 Å². The summed E-state index contributed by atoms with van der Waals surface area (Å²) in [6.07, 6.45) is 6.95. The van der Waals surface area contributed by atoms with Crippen LogP contribution in [0.25, 0.3) is 33.3 Å². The number of amides is 3. The van der Waals surface area contributed by atoms with Gasteiger partial charge in [-0.3, -0.25) is 24.4 Å². The van der Waals surface area contributed by atoms with E-state index in [4.69, 9.17) is 14.5 Å². The van der Waals surface area contributed by atoms with Crippen molar-refractivity contribution >= 4 is 46.4 Å². The first-order chi connectivity index (χ1) is 33.0. The number of methoxy groups -OCH3 is 1. The molecule has 15 heteroatoms. The van der Waals surface area contributed by atoms with Crippen LogP contribution in [-0.2, 0) is 48.0 Å². The van der Waals surface area contributed by atoms with E-state index in [0.29, 0.717) is 37.3 Å². The quantitative estimate of drug-likeness (QED) is 0.115. The third kappa shape index (κ3) is 9.44. The topological polar surface area (TPSA) is 167 Å². The lowest BCUT2D eigenvalue weighted by atomic mass is 9.83. The van der Waals surface area contributed by atoms with E-state index in [0.717, 1.165) is 81.7 Å². The molecule has 4 aromatic rings. The molecule has 69 heavy (non-hydrogen) atoms. The number of phenolic OH excluding ortho intramolecular Hbond substituents is 1. The van der Waals surface area contributed by atoms with Crippen LogP contribution in [0.1, 0.15) is 103 Å². The zero-order valence-electron chi connectivity index (χ0n) is 41.4. The second-order valence-electron chi connectivity index (χ2n) is 21.1. The smallest absolute Gasteiger partial charge is 0.333 e. The summed E-state index contributed by atoms with van der Waals surface area (Å²) in [6, 6.07) is 13.8. The summed E-state index contributed by atoms with van der Waals surface area (Å²) >= 11 is 1.45. The highest BCUT2D eigenvalue weighted by Gasteiger charge is 2.52. The van der Waals surface area contributed by atoms with Crippen molar-refractivity contribution in [3.05, 3.63) is 81.9 Å². The van der Waals surface area contributed by atoms with Gasteiger partial charge in [-0.15, -0.1) is 0 Å². The maximum atomic E-state index is 15.1. The first kappa shape index (κ1) is 48.8. The number of aryl methyl sites for hydroxylation is 1. The number of ether oxygens (including phenoxy) is 2. The standard InChI is InChI=1S/C54H69N7O7S/c1-9-60-43-18-16-35-27-40(43)41(48(60)38-14-11-21-55-45(38)32(4)67-8)28-53(5,6)30-68-52(66)54(44-29-69-44)19-12-22-61(58-54)51(65)42(25-33-23-36(35)26-37(62)24-33)57-49(63)47(31(2)3)59(7)50(64)39-17-15-34-13-10-20-56-46(34)39/h11,14,16,18,21,23-24,26-27,29,31-32,34,39,42,46-47,56,58,62H,9-10,12-13,15,17,19-20,22,25,28,30H2,1-8H3,(H,57,63)/t32-,34-,39-,42-,46+,47-,54-/m0/s1. The predicted molar refractivity (Wildman–Crippen MR) is 269 cm³/mol. The fourth-order valence-corrected chi connectivity index (χ4v) is 12.5. The van der Waals surface area contributed by atoms with E-state index in [1.807, 2.05) is 38.3 Å². The number of nitrogens with zero attached hydrogens (tertiary/aromatic N) is 4. The van der Waals surface area contributed by atoms with Gasteiger partial charge >= 0.3 is 5.97 Å². The molecule has 9 rings (SSSR count). The number of benzene rings is 2. The van der Waals surface area contributed by atoms with Gasteiger partial charge in [0, 0.05) is 72.7 Å². The summed E-state index contributed by atoms with van der Waals surface area (Å²) in [6.45, 7) is 14.1. The fraction of sp³-hybridized carbons (Fsp3) is 0.537. The maximum absolute atomic E-state index is 15.1. The second-order valence-corrected chi connectivity index (χ2v) is 22.0. The van der Waals surface area contributed by atoms with E-state index >= 15 is 4.79 Å². The number of aromatic hydroxyl groups is 1. The maximum Gasteiger partial charge on any atom is 0.333 e. The van der Waals surface area contributed by atoms with Crippen LogP contribution in [0.5, 0.6) is 5.75 Å². The van der Waals surface area contributed by atoms with Gasteiger partial charge in [-0.2, -0.15) is 0 Å². The molecule has 1 aliphatic carbocycles. The first-order valence-electron chi connectivity index (χ1n) is 24.9. The minimum atomic E-state index is -1.30. The third-order valence-corrected chi connectivity index (χ3v) is 16.2. The van der Waals surface area contributed by atoms with Crippen LogP contribution in [0.2, 0.25) is 0 Å². The summed E-state index contributed by atoms with van der Waals surface area (Å²) in [5.74, 6) is -1.43. The number of cyclic esters (lactones) is 1. The van der Waals surface area contributed by atoms with Crippen LogP contribution < -0.4 is 16.1 Å². The number of fused-ring (bicyclic) bond motifs is 7. The molecule has 7 atom stereocenters. The van der Waals surface area contributed by atoms with Gasteiger partial charge in [0.1, 0.15) is 17.8 Å². The minimum absolute atomic E-state index is 0.0170. The molecule has 6 heterocycles. The second kappa shape index (κ2) is 19.5. The number of pyridine rings is 1. The van der Waals surface area contributed by atoms with E-state index in [9.17, 15) is 19.5 Å². The normalized spacial score (nSPS) is 25.6. The summed E-state index contributed by atoms with van der Waals surface area (Å²) in [7, 11) is 3.39. The van der Waals surface area contributed by atoms with Crippen LogP contribution in [0.15, 0.2) is 65.0 Å². The molecule has 2 aromatic carbocycles. The van der Waals surface area contributed by atoms with E-state index in [1.54, 1.807) is 37.4 Å². The Bertz CT molecular complexity index is 2680. The Morgan fingerprint density at radius 3 is 2.61 bits per heavy atom. The molecule has 4 aliphatic heterocycles. The molecule has 5 aliphatic rings. The summed E-state index contributed by atoms with van der Waals surface area (Å²) < 4.78 is 14.5. The molecule has 4 N–H and O–H groups in total. The van der Waals surface area contributed by atoms with Crippen molar-refractivity contribution in [2.45, 2.75) is 129 Å². The highest BCUT2D eigenvalue weighted by atomic mass is 32.2. The van der Waals surface area contributed by atoms with Crippen LogP contribution in [0.4, 0.5) is 0 Å². The van der Waals surface area contributed by atoms with Crippen LogP contribution in [-0.4, -0.2) is 106 Å². The molecule has 0 unspecified atom stereocenters. The molecule has 6 bridgehead atoms. The molecule has 2 saturated heterocycles. The van der Waals surface area contributed by atoms with Crippen molar-refractivity contribution < 1.29 is 33.8 Å². The minimum Gasteiger partial charge on any atom is -0.508 e. The number of esters is 1. The number of rotatable bonds is 10. The zero-order chi connectivity index (χ0) is 48.9. The number of thioether (sulfide) groups is 1. The number of carbonyl (C=O) groups excluding carboxylic acids is 4. The molecule has 2 aromatic heterocycles. The number of piperidine rings is 1. The molecule has 368 valence electrons. The average molecular weight is 960 g/mol. The summed E-state index contributed by atoms with van der Waals surface area (Å²) in [4.78, 5) is 66.2. The van der Waals surface area contributed by atoms with Gasteiger partial charge in [-0.25, -0.2) is 10.2 Å². The lowest BCUT2D eigenvalue weighted by molar-refractivity contribution is -0.160. The van der Waals surface area contributed by atoms with Gasteiger partial charge < -0.3 is 34.7 Å². The zero-order valence-corrected chi connectivity index (χ0v) is 42.2. The van der Waals surface area contributed by atoms with Crippen LogP contribution >= 0.6 is 11.8 Å². The average Bonchev–Trinajstić information content (AvgIpc) is 4.05. The molecule has 0 radical (unpaired) electrons. The Labute approximate surface area is 410 Å². The van der Waals surface area contributed by atoms with Gasteiger partial charge in [0.25, 0.3) is 5.91 Å². The van der Waals surface area contributed by atoms with Crippen LogP contribution in [0.3, 0.4) is 0 Å². The molecule has 3 fully saturated rings. The van der Waals surface area contributed by atoms with Crippen molar-refractivity contribution in [2.24, 2.45) is 23.2 Å². The van der Waals surface area contributed by atoms with Gasteiger partial charge in [-0.05, 0) is 141 Å². The Balaban J connectivity index is 1.14. The highest BCUT2D eigenvalue weighted by Crippen LogP contribution is 2.48. The van der Waals surface area contributed by atoms with E-state index in [-0.39, 0.29) is 55.2 Å². The molecule has 3 amide bonds. The molecule has 0 spiro atoms. The number of nitrogens with one attached hydrogen (secondary N) is 3. The number of aromatic nitrogens is 2. The number of hydrazine groups is 1. The number of hydrogen-bond acceptors (Lipinski definition) is 11. The lowest BCUT2D eigenvalue weighted by Gasteiger charge is -2.42. The first-order valence-corrected chi connectivity index (χ1v) is 25.8. The van der Waals surface area contributed by atoms with Gasteiger partial charge in [0.15, 0.2) is 5.54 Å². The molecule has 14 nitrogen and oxygen atoms in total. The molecular weight excluding hydrogens is 891 g/mol. The Morgan fingerprint density at radius 2 is 1.87 bits per heavy atom.